The van der Waals surface area contributed by atoms with Crippen LogP contribution in [0.1, 0.15) is 44.9 Å². The van der Waals surface area contributed by atoms with Crippen molar-refractivity contribution in [3.63, 3.8) is 0 Å². The van der Waals surface area contributed by atoms with E-state index < -0.39 is 17.9 Å². The Morgan fingerprint density at radius 3 is 2.16 bits per heavy atom. The molecule has 0 fully saturated rings. The maximum atomic E-state index is 12.5. The number of methoxy groups -OCH3 is 1. The summed E-state index contributed by atoms with van der Waals surface area (Å²) in [5.41, 5.74) is 2.56. The summed E-state index contributed by atoms with van der Waals surface area (Å²) in [5, 5.41) is 3.74. The van der Waals surface area contributed by atoms with E-state index in [0.717, 1.165) is 0 Å². The summed E-state index contributed by atoms with van der Waals surface area (Å²) in [6, 6.07) is 11.5. The first-order valence-corrected chi connectivity index (χ1v) is 9.70. The number of nitrogens with one attached hydrogen (secondary N) is 1. The van der Waals surface area contributed by atoms with Crippen LogP contribution in [0.2, 0.25) is 0 Å². The molecule has 1 aromatic heterocycles. The quantitative estimate of drug-likeness (QED) is 0.448. The van der Waals surface area contributed by atoms with Gasteiger partial charge in [-0.3, -0.25) is 4.98 Å². The smallest absolute Gasteiger partial charge is 0.341 e. The fourth-order valence-corrected chi connectivity index (χ4v) is 2.98. The van der Waals surface area contributed by atoms with Crippen molar-refractivity contribution in [2.24, 2.45) is 0 Å². The number of pyridine rings is 1. The molecule has 0 aliphatic rings. The van der Waals surface area contributed by atoms with Crippen LogP contribution < -0.4 is 5.32 Å². The highest BCUT2D eigenvalue weighted by atomic mass is 16.5. The fraction of sp³-hybridized carbons (Fsp3) is 0.217. The van der Waals surface area contributed by atoms with Crippen molar-refractivity contribution < 1.29 is 28.6 Å². The summed E-state index contributed by atoms with van der Waals surface area (Å²) in [6.07, 6.45) is 1.42. The Morgan fingerprint density at radius 2 is 1.52 bits per heavy atom. The molecule has 0 spiro atoms. The predicted molar refractivity (Wildman–Crippen MR) is 115 cm³/mol. The highest BCUT2D eigenvalue weighted by molar-refractivity contribution is 6.07. The first kappa shape index (κ1) is 21.8. The van der Waals surface area contributed by atoms with Crippen molar-refractivity contribution >= 4 is 40.2 Å². The third-order valence-corrected chi connectivity index (χ3v) is 4.45. The minimum atomic E-state index is -0.550. The third kappa shape index (κ3) is 4.80. The molecule has 160 valence electrons. The van der Waals surface area contributed by atoms with Gasteiger partial charge < -0.3 is 19.5 Å². The molecule has 31 heavy (non-hydrogen) atoms. The maximum absolute atomic E-state index is 12.5. The van der Waals surface area contributed by atoms with Crippen LogP contribution in [0.3, 0.4) is 0 Å². The van der Waals surface area contributed by atoms with E-state index in [1.165, 1.54) is 13.3 Å². The van der Waals surface area contributed by atoms with E-state index in [0.29, 0.717) is 33.4 Å². The number of fused-ring (bicyclic) bond motifs is 1. The van der Waals surface area contributed by atoms with Gasteiger partial charge in [-0.05, 0) is 56.3 Å². The Kier molecular flexibility index (Phi) is 6.81. The largest absolute Gasteiger partial charge is 0.465 e. The van der Waals surface area contributed by atoms with Crippen LogP contribution >= 0.6 is 0 Å². The zero-order valence-corrected chi connectivity index (χ0v) is 17.4. The lowest BCUT2D eigenvalue weighted by Crippen LogP contribution is -2.10. The van der Waals surface area contributed by atoms with E-state index in [1.54, 1.807) is 56.3 Å². The van der Waals surface area contributed by atoms with E-state index in [9.17, 15) is 14.4 Å². The van der Waals surface area contributed by atoms with Gasteiger partial charge in [0.25, 0.3) is 0 Å². The standard InChI is InChI=1S/C23H22N2O6/c1-4-30-22(27)14-6-9-16(10-7-14)25-20-17-12-15(21(26)29-3)8-11-19(17)24-13-18(20)23(28)31-5-2/h6-13H,4-5H2,1-3H3,(H,24,25). The van der Waals surface area contributed by atoms with Gasteiger partial charge in [0.05, 0.1) is 42.7 Å². The fourth-order valence-electron chi connectivity index (χ4n) is 2.98. The van der Waals surface area contributed by atoms with Crippen LogP contribution in [-0.4, -0.2) is 43.2 Å². The highest BCUT2D eigenvalue weighted by Gasteiger charge is 2.19. The average molecular weight is 422 g/mol. The Balaban J connectivity index is 2.08. The molecule has 2 aromatic carbocycles. The second-order valence-electron chi connectivity index (χ2n) is 6.41. The normalized spacial score (nSPS) is 10.4. The second-order valence-corrected chi connectivity index (χ2v) is 6.41. The number of benzene rings is 2. The van der Waals surface area contributed by atoms with Crippen LogP contribution in [0.4, 0.5) is 11.4 Å². The molecular weight excluding hydrogens is 400 g/mol. The molecule has 8 nitrogen and oxygen atoms in total. The van der Waals surface area contributed by atoms with E-state index >= 15 is 0 Å². The Bertz CT molecular complexity index is 1120. The van der Waals surface area contributed by atoms with Gasteiger partial charge >= 0.3 is 17.9 Å². The molecule has 0 unspecified atom stereocenters. The van der Waals surface area contributed by atoms with Crippen LogP contribution in [0.15, 0.2) is 48.7 Å². The van der Waals surface area contributed by atoms with Crippen molar-refractivity contribution in [1.29, 1.82) is 0 Å². The summed E-state index contributed by atoms with van der Waals surface area (Å²) in [6.45, 7) is 3.94. The van der Waals surface area contributed by atoms with Gasteiger partial charge in [0, 0.05) is 17.3 Å². The predicted octanol–water partition coefficient (Wildman–Crippen LogP) is 4.12. The van der Waals surface area contributed by atoms with E-state index in [-0.39, 0.29) is 18.8 Å². The van der Waals surface area contributed by atoms with E-state index in [1.807, 2.05) is 0 Å². The van der Waals surface area contributed by atoms with Crippen LogP contribution in [-0.2, 0) is 14.2 Å². The average Bonchev–Trinajstić information content (AvgIpc) is 2.79. The molecule has 0 aliphatic heterocycles. The lowest BCUT2D eigenvalue weighted by molar-refractivity contribution is 0.0517. The SMILES string of the molecule is CCOC(=O)c1ccc(Nc2c(C(=O)OCC)cnc3ccc(C(=O)OC)cc23)cc1. The number of aromatic nitrogens is 1. The second kappa shape index (κ2) is 9.71. The first-order valence-electron chi connectivity index (χ1n) is 9.70. The van der Waals surface area contributed by atoms with Crippen molar-refractivity contribution in [2.45, 2.75) is 13.8 Å². The number of carbonyl (C=O) groups excluding carboxylic acids is 3. The molecule has 0 saturated carbocycles. The Hall–Kier alpha value is -3.94. The van der Waals surface area contributed by atoms with Gasteiger partial charge in [-0.1, -0.05) is 0 Å². The minimum Gasteiger partial charge on any atom is -0.465 e. The van der Waals surface area contributed by atoms with E-state index in [4.69, 9.17) is 14.2 Å². The molecule has 0 radical (unpaired) electrons. The lowest BCUT2D eigenvalue weighted by Gasteiger charge is -2.15. The summed E-state index contributed by atoms with van der Waals surface area (Å²) >= 11 is 0. The number of hydrogen-bond donors (Lipinski definition) is 1. The van der Waals surface area contributed by atoms with Crippen LogP contribution in [0.5, 0.6) is 0 Å². The Morgan fingerprint density at radius 1 is 0.871 bits per heavy atom. The molecular formula is C23H22N2O6. The number of carbonyl (C=O) groups is 3. The van der Waals surface area contributed by atoms with Gasteiger partial charge in [-0.15, -0.1) is 0 Å². The van der Waals surface area contributed by atoms with Gasteiger partial charge in [0.1, 0.15) is 5.56 Å². The number of anilines is 2. The zero-order valence-electron chi connectivity index (χ0n) is 17.4. The summed E-state index contributed by atoms with van der Waals surface area (Å²) in [7, 11) is 1.30. The van der Waals surface area contributed by atoms with Crippen molar-refractivity contribution in [3.05, 3.63) is 65.4 Å². The molecule has 3 rings (SSSR count). The molecule has 0 amide bonds. The Labute approximate surface area is 179 Å². The molecule has 0 saturated heterocycles. The summed E-state index contributed by atoms with van der Waals surface area (Å²) in [5.74, 6) is -1.47. The van der Waals surface area contributed by atoms with Crippen LogP contribution in [0, 0.1) is 0 Å². The number of esters is 3. The molecule has 0 bridgehead atoms. The molecule has 0 atom stereocenters. The zero-order chi connectivity index (χ0) is 22.4. The van der Waals surface area contributed by atoms with Gasteiger partial charge in [0.2, 0.25) is 0 Å². The molecule has 8 heteroatoms. The van der Waals surface area contributed by atoms with Gasteiger partial charge in [-0.25, -0.2) is 14.4 Å². The van der Waals surface area contributed by atoms with Crippen molar-refractivity contribution in [2.75, 3.05) is 25.6 Å². The number of rotatable bonds is 7. The number of nitrogens with zero attached hydrogens (tertiary/aromatic N) is 1. The van der Waals surface area contributed by atoms with Gasteiger partial charge in [0.15, 0.2) is 0 Å². The number of ether oxygens (including phenoxy) is 3. The molecule has 1 N–H and O–H groups in total. The third-order valence-electron chi connectivity index (χ3n) is 4.45. The minimum absolute atomic E-state index is 0.201. The first-order chi connectivity index (χ1) is 15.0. The highest BCUT2D eigenvalue weighted by Crippen LogP contribution is 2.31. The monoisotopic (exact) mass is 422 g/mol. The number of hydrogen-bond acceptors (Lipinski definition) is 8. The van der Waals surface area contributed by atoms with Crippen LogP contribution in [0.25, 0.3) is 10.9 Å². The maximum Gasteiger partial charge on any atom is 0.341 e. The van der Waals surface area contributed by atoms with Gasteiger partial charge in [-0.2, -0.15) is 0 Å². The lowest BCUT2D eigenvalue weighted by atomic mass is 10.1. The molecule has 3 aromatic rings. The molecule has 0 aliphatic carbocycles. The van der Waals surface area contributed by atoms with Crippen molar-refractivity contribution in [1.82, 2.24) is 4.98 Å². The van der Waals surface area contributed by atoms with Crippen molar-refractivity contribution in [3.8, 4) is 0 Å². The van der Waals surface area contributed by atoms with E-state index in [2.05, 4.69) is 10.3 Å². The molecule has 1 heterocycles. The summed E-state index contributed by atoms with van der Waals surface area (Å²) < 4.78 is 15.0. The topological polar surface area (TPSA) is 104 Å². The summed E-state index contributed by atoms with van der Waals surface area (Å²) in [4.78, 5) is 40.7.